The van der Waals surface area contributed by atoms with Gasteiger partial charge in [-0.3, -0.25) is 4.68 Å². The van der Waals surface area contributed by atoms with Crippen molar-refractivity contribution < 1.29 is 0 Å². The first-order chi connectivity index (χ1) is 9.10. The van der Waals surface area contributed by atoms with Crippen molar-refractivity contribution in [2.45, 2.75) is 38.8 Å². The Labute approximate surface area is 119 Å². The summed E-state index contributed by atoms with van der Waals surface area (Å²) in [6.45, 7) is 4.32. The van der Waals surface area contributed by atoms with E-state index in [-0.39, 0.29) is 6.04 Å². The highest BCUT2D eigenvalue weighted by molar-refractivity contribution is 6.30. The molecule has 0 fully saturated rings. The van der Waals surface area contributed by atoms with Gasteiger partial charge in [-0.25, -0.2) is 0 Å². The average Bonchev–Trinajstić information content (AvgIpc) is 2.86. The molecule has 1 aromatic carbocycles. The largest absolute Gasteiger partial charge is 0.324 e. The number of rotatable bonds is 5. The molecule has 0 aliphatic rings. The molecule has 0 saturated carbocycles. The molecule has 1 heterocycles. The molecule has 4 heteroatoms. The maximum atomic E-state index is 6.21. The van der Waals surface area contributed by atoms with E-state index in [9.17, 15) is 0 Å². The third kappa shape index (κ3) is 3.58. The normalized spacial score (nSPS) is 14.3. The van der Waals surface area contributed by atoms with Crippen LogP contribution in [0.15, 0.2) is 36.5 Å². The molecule has 2 N–H and O–H groups in total. The van der Waals surface area contributed by atoms with Crippen molar-refractivity contribution in [3.8, 4) is 0 Å². The average molecular weight is 278 g/mol. The Balaban J connectivity index is 2.06. The summed E-state index contributed by atoms with van der Waals surface area (Å²) in [7, 11) is 0. The van der Waals surface area contributed by atoms with Crippen LogP contribution in [0.1, 0.15) is 43.6 Å². The number of nitrogens with two attached hydrogens (primary N) is 1. The summed E-state index contributed by atoms with van der Waals surface area (Å²) in [4.78, 5) is 0. The second-order valence-electron chi connectivity index (χ2n) is 4.91. The molecule has 0 bridgehead atoms. The predicted molar refractivity (Wildman–Crippen MR) is 79.3 cm³/mol. The van der Waals surface area contributed by atoms with Gasteiger partial charge in [0.05, 0.1) is 5.69 Å². The zero-order valence-corrected chi connectivity index (χ0v) is 12.1. The number of hydrogen-bond donors (Lipinski definition) is 1. The molecule has 3 nitrogen and oxygen atoms in total. The summed E-state index contributed by atoms with van der Waals surface area (Å²) in [6.07, 6.45) is 3.82. The van der Waals surface area contributed by atoms with E-state index in [1.165, 1.54) is 0 Å². The quantitative estimate of drug-likeness (QED) is 0.904. The molecule has 2 aromatic rings. The summed E-state index contributed by atoms with van der Waals surface area (Å²) in [5, 5.41) is 5.29. The lowest BCUT2D eigenvalue weighted by Gasteiger charge is -2.11. The third-order valence-corrected chi connectivity index (χ3v) is 3.65. The molecular formula is C15H20ClN3. The van der Waals surface area contributed by atoms with Crippen LogP contribution in [-0.2, 0) is 6.42 Å². The molecule has 2 rings (SSSR count). The highest BCUT2D eigenvalue weighted by atomic mass is 35.5. The van der Waals surface area contributed by atoms with Gasteiger partial charge in [-0.2, -0.15) is 5.10 Å². The van der Waals surface area contributed by atoms with Gasteiger partial charge in [0.15, 0.2) is 0 Å². The number of halogens is 1. The summed E-state index contributed by atoms with van der Waals surface area (Å²) >= 11 is 5.98. The Morgan fingerprint density at radius 2 is 2.16 bits per heavy atom. The lowest BCUT2D eigenvalue weighted by atomic mass is 10.0. The minimum atomic E-state index is -0.0704. The molecule has 0 aliphatic heterocycles. The molecule has 0 aliphatic carbocycles. The van der Waals surface area contributed by atoms with Crippen molar-refractivity contribution in [1.29, 1.82) is 0 Å². The molecular weight excluding hydrogens is 258 g/mol. The Kier molecular flexibility index (Phi) is 4.61. The molecule has 2 unspecified atom stereocenters. The Morgan fingerprint density at radius 1 is 1.37 bits per heavy atom. The van der Waals surface area contributed by atoms with Crippen molar-refractivity contribution in [3.05, 3.63) is 52.8 Å². The van der Waals surface area contributed by atoms with Crippen LogP contribution in [0.2, 0.25) is 5.02 Å². The number of benzene rings is 1. The van der Waals surface area contributed by atoms with Crippen LogP contribution in [-0.4, -0.2) is 9.78 Å². The summed E-state index contributed by atoms with van der Waals surface area (Å²) in [6, 6.07) is 10.1. The van der Waals surface area contributed by atoms with Crippen LogP contribution in [0.5, 0.6) is 0 Å². The van der Waals surface area contributed by atoms with E-state index in [2.05, 4.69) is 18.9 Å². The molecule has 0 amide bonds. The zero-order valence-electron chi connectivity index (χ0n) is 11.4. The lowest BCUT2D eigenvalue weighted by molar-refractivity contribution is 0.472. The van der Waals surface area contributed by atoms with E-state index in [0.717, 1.165) is 29.1 Å². The summed E-state index contributed by atoms with van der Waals surface area (Å²) < 4.78 is 2.00. The number of hydrogen-bond acceptors (Lipinski definition) is 2. The van der Waals surface area contributed by atoms with E-state index in [1.54, 1.807) is 0 Å². The SMILES string of the molecule is CCC(C)n1ccc(CC(N)c2cccc(Cl)c2)n1. The second-order valence-corrected chi connectivity index (χ2v) is 5.35. The van der Waals surface area contributed by atoms with Gasteiger partial charge in [-0.1, -0.05) is 30.7 Å². The Hall–Kier alpha value is -1.32. The van der Waals surface area contributed by atoms with Crippen LogP contribution in [0, 0.1) is 0 Å². The van der Waals surface area contributed by atoms with Crippen molar-refractivity contribution in [3.63, 3.8) is 0 Å². The molecule has 2 atom stereocenters. The number of aromatic nitrogens is 2. The van der Waals surface area contributed by atoms with Crippen LogP contribution in [0.25, 0.3) is 0 Å². The third-order valence-electron chi connectivity index (χ3n) is 3.41. The van der Waals surface area contributed by atoms with E-state index < -0.39 is 0 Å². The highest BCUT2D eigenvalue weighted by Gasteiger charge is 2.11. The topological polar surface area (TPSA) is 43.8 Å². The van der Waals surface area contributed by atoms with E-state index in [1.807, 2.05) is 41.2 Å². The summed E-state index contributed by atoms with van der Waals surface area (Å²) in [5.74, 6) is 0. The molecule has 0 saturated heterocycles. The van der Waals surface area contributed by atoms with Gasteiger partial charge in [0.25, 0.3) is 0 Å². The zero-order chi connectivity index (χ0) is 13.8. The van der Waals surface area contributed by atoms with E-state index >= 15 is 0 Å². The van der Waals surface area contributed by atoms with E-state index in [0.29, 0.717) is 6.04 Å². The maximum Gasteiger partial charge on any atom is 0.0643 e. The Morgan fingerprint density at radius 3 is 2.84 bits per heavy atom. The fourth-order valence-corrected chi connectivity index (χ4v) is 2.20. The van der Waals surface area contributed by atoms with Gasteiger partial charge in [-0.05, 0) is 37.1 Å². The minimum Gasteiger partial charge on any atom is -0.324 e. The standard InChI is InChI=1S/C15H20ClN3/c1-3-11(2)19-8-7-14(18-19)10-15(17)12-5-4-6-13(16)9-12/h4-9,11,15H,3,10,17H2,1-2H3. The highest BCUT2D eigenvalue weighted by Crippen LogP contribution is 2.19. The minimum absolute atomic E-state index is 0.0704. The first-order valence-electron chi connectivity index (χ1n) is 6.65. The van der Waals surface area contributed by atoms with Crippen molar-refractivity contribution >= 4 is 11.6 Å². The van der Waals surface area contributed by atoms with Crippen molar-refractivity contribution in [2.24, 2.45) is 5.73 Å². The molecule has 102 valence electrons. The van der Waals surface area contributed by atoms with Gasteiger partial charge in [0.2, 0.25) is 0 Å². The monoisotopic (exact) mass is 277 g/mol. The molecule has 1 aromatic heterocycles. The van der Waals surface area contributed by atoms with Crippen molar-refractivity contribution in [2.75, 3.05) is 0 Å². The smallest absolute Gasteiger partial charge is 0.0643 e. The van der Waals surface area contributed by atoms with Crippen LogP contribution < -0.4 is 5.73 Å². The van der Waals surface area contributed by atoms with Crippen LogP contribution in [0.4, 0.5) is 0 Å². The van der Waals surface area contributed by atoms with E-state index in [4.69, 9.17) is 17.3 Å². The van der Waals surface area contributed by atoms with Gasteiger partial charge in [0, 0.05) is 29.7 Å². The fourth-order valence-electron chi connectivity index (χ4n) is 2.00. The first kappa shape index (κ1) is 14.1. The van der Waals surface area contributed by atoms with Crippen LogP contribution >= 0.6 is 11.6 Å². The maximum absolute atomic E-state index is 6.21. The lowest BCUT2D eigenvalue weighted by Crippen LogP contribution is -2.14. The molecule has 19 heavy (non-hydrogen) atoms. The summed E-state index contributed by atoms with van der Waals surface area (Å²) in [5.41, 5.74) is 8.27. The molecule has 0 spiro atoms. The van der Waals surface area contributed by atoms with Gasteiger partial charge in [0.1, 0.15) is 0 Å². The van der Waals surface area contributed by atoms with Crippen molar-refractivity contribution in [1.82, 2.24) is 9.78 Å². The predicted octanol–water partition coefficient (Wildman–Crippen LogP) is 3.75. The Bertz CT molecular complexity index is 536. The van der Waals surface area contributed by atoms with Gasteiger partial charge >= 0.3 is 0 Å². The first-order valence-corrected chi connectivity index (χ1v) is 7.03. The van der Waals surface area contributed by atoms with Gasteiger partial charge < -0.3 is 5.73 Å². The second kappa shape index (κ2) is 6.22. The van der Waals surface area contributed by atoms with Gasteiger partial charge in [-0.15, -0.1) is 0 Å². The van der Waals surface area contributed by atoms with Crippen LogP contribution in [0.3, 0.4) is 0 Å². The molecule has 0 radical (unpaired) electrons. The number of nitrogens with zero attached hydrogens (tertiary/aromatic N) is 2. The fraction of sp³-hybridized carbons (Fsp3) is 0.400.